The van der Waals surface area contributed by atoms with Crippen molar-refractivity contribution in [1.29, 1.82) is 0 Å². The molecule has 0 saturated heterocycles. The number of nitrogens with two attached hydrogens (primary N) is 1. The molecule has 1 aromatic carbocycles. The average Bonchev–Trinajstić information content (AvgIpc) is 2.03. The summed E-state index contributed by atoms with van der Waals surface area (Å²) in [5, 5.41) is 8.74. The number of halogens is 1. The minimum Gasteiger partial charge on any atom is -0.394 e. The molecule has 0 radical (unpaired) electrons. The van der Waals surface area contributed by atoms with E-state index in [1.165, 1.54) is 0 Å². The van der Waals surface area contributed by atoms with E-state index < -0.39 is 0 Å². The molecule has 3 heteroatoms. The van der Waals surface area contributed by atoms with E-state index in [4.69, 9.17) is 10.8 Å². The standard InChI is InChI=1S/C8H10BrNO/c9-7-3-1-2-6(4-7)8(10)5-11/h1-4,8,11H,5,10H2/t8-/m0/s1. The van der Waals surface area contributed by atoms with E-state index in [9.17, 15) is 0 Å². The van der Waals surface area contributed by atoms with Crippen LogP contribution in [0.2, 0.25) is 0 Å². The minimum absolute atomic E-state index is 0.0174. The van der Waals surface area contributed by atoms with Gasteiger partial charge in [0, 0.05) is 4.47 Å². The summed E-state index contributed by atoms with van der Waals surface area (Å²) in [6, 6.07) is 7.35. The van der Waals surface area contributed by atoms with Crippen LogP contribution in [0.1, 0.15) is 11.6 Å². The molecule has 0 aromatic heterocycles. The van der Waals surface area contributed by atoms with Gasteiger partial charge in [0.05, 0.1) is 12.6 Å². The van der Waals surface area contributed by atoms with Gasteiger partial charge in [-0.2, -0.15) is 0 Å². The normalized spacial score (nSPS) is 13.0. The molecule has 0 unspecified atom stereocenters. The fourth-order valence-electron chi connectivity index (χ4n) is 0.843. The molecule has 0 aliphatic heterocycles. The lowest BCUT2D eigenvalue weighted by Gasteiger charge is -2.07. The van der Waals surface area contributed by atoms with Gasteiger partial charge in [-0.1, -0.05) is 28.1 Å². The van der Waals surface area contributed by atoms with Crippen LogP contribution in [0.4, 0.5) is 0 Å². The van der Waals surface area contributed by atoms with Crippen LogP contribution in [0, 0.1) is 0 Å². The van der Waals surface area contributed by atoms with E-state index in [-0.39, 0.29) is 12.6 Å². The molecule has 60 valence electrons. The van der Waals surface area contributed by atoms with E-state index >= 15 is 0 Å². The number of aliphatic hydroxyl groups excluding tert-OH is 1. The van der Waals surface area contributed by atoms with Crippen molar-refractivity contribution in [3.63, 3.8) is 0 Å². The Hall–Kier alpha value is -0.380. The number of aliphatic hydroxyl groups is 1. The topological polar surface area (TPSA) is 46.2 Å². The first-order chi connectivity index (χ1) is 5.24. The van der Waals surface area contributed by atoms with Crippen molar-refractivity contribution in [1.82, 2.24) is 0 Å². The van der Waals surface area contributed by atoms with Gasteiger partial charge >= 0.3 is 0 Å². The Balaban J connectivity index is 2.86. The Labute approximate surface area is 74.2 Å². The van der Waals surface area contributed by atoms with Crippen LogP contribution in [0.15, 0.2) is 28.7 Å². The molecule has 0 spiro atoms. The summed E-state index contributed by atoms with van der Waals surface area (Å²) in [5.41, 5.74) is 6.54. The first-order valence-electron chi connectivity index (χ1n) is 3.36. The molecule has 0 heterocycles. The molecule has 0 amide bonds. The van der Waals surface area contributed by atoms with Crippen molar-refractivity contribution < 1.29 is 5.11 Å². The van der Waals surface area contributed by atoms with Gasteiger partial charge in [-0.15, -0.1) is 0 Å². The smallest absolute Gasteiger partial charge is 0.0624 e. The highest BCUT2D eigenvalue weighted by Gasteiger charge is 2.02. The van der Waals surface area contributed by atoms with Crippen LogP contribution >= 0.6 is 15.9 Å². The van der Waals surface area contributed by atoms with Crippen molar-refractivity contribution >= 4 is 15.9 Å². The van der Waals surface area contributed by atoms with Gasteiger partial charge in [0.1, 0.15) is 0 Å². The van der Waals surface area contributed by atoms with E-state index in [2.05, 4.69) is 15.9 Å². The highest BCUT2D eigenvalue weighted by atomic mass is 79.9. The Kier molecular flexibility index (Phi) is 3.05. The third kappa shape index (κ3) is 2.29. The maximum atomic E-state index is 8.74. The third-order valence-electron chi connectivity index (χ3n) is 1.47. The number of hydrogen-bond acceptors (Lipinski definition) is 2. The zero-order valence-electron chi connectivity index (χ0n) is 6.00. The van der Waals surface area contributed by atoms with Gasteiger partial charge in [-0.25, -0.2) is 0 Å². The van der Waals surface area contributed by atoms with Crippen LogP contribution < -0.4 is 5.73 Å². The molecule has 0 aliphatic rings. The van der Waals surface area contributed by atoms with E-state index in [0.717, 1.165) is 10.0 Å². The Bertz CT molecular complexity index is 239. The molecule has 0 saturated carbocycles. The molecular weight excluding hydrogens is 206 g/mol. The molecule has 3 N–H and O–H groups in total. The van der Waals surface area contributed by atoms with Crippen LogP contribution in [-0.2, 0) is 0 Å². The lowest BCUT2D eigenvalue weighted by atomic mass is 10.1. The van der Waals surface area contributed by atoms with Gasteiger partial charge in [-0.05, 0) is 17.7 Å². The van der Waals surface area contributed by atoms with Gasteiger partial charge in [0.15, 0.2) is 0 Å². The second-order valence-corrected chi connectivity index (χ2v) is 3.26. The summed E-state index contributed by atoms with van der Waals surface area (Å²) in [6.45, 7) is -0.0174. The van der Waals surface area contributed by atoms with Crippen molar-refractivity contribution in [2.45, 2.75) is 6.04 Å². The lowest BCUT2D eigenvalue weighted by Crippen LogP contribution is -2.14. The number of rotatable bonds is 2. The van der Waals surface area contributed by atoms with Gasteiger partial charge in [0.2, 0.25) is 0 Å². The SMILES string of the molecule is N[C@@H](CO)c1cccc(Br)c1. The van der Waals surface area contributed by atoms with Gasteiger partial charge in [0.25, 0.3) is 0 Å². The predicted molar refractivity (Wildman–Crippen MR) is 48.2 cm³/mol. The highest BCUT2D eigenvalue weighted by Crippen LogP contribution is 2.15. The minimum atomic E-state index is -0.271. The number of hydrogen-bond donors (Lipinski definition) is 2. The van der Waals surface area contributed by atoms with E-state index in [1.54, 1.807) is 0 Å². The molecular formula is C8H10BrNO. The molecule has 2 nitrogen and oxygen atoms in total. The molecule has 0 fully saturated rings. The zero-order valence-corrected chi connectivity index (χ0v) is 7.58. The Morgan fingerprint density at radius 3 is 2.82 bits per heavy atom. The van der Waals surface area contributed by atoms with E-state index in [1.807, 2.05) is 24.3 Å². The van der Waals surface area contributed by atoms with Crippen molar-refractivity contribution in [3.05, 3.63) is 34.3 Å². The highest BCUT2D eigenvalue weighted by molar-refractivity contribution is 9.10. The summed E-state index contributed by atoms with van der Waals surface area (Å²) in [7, 11) is 0. The zero-order chi connectivity index (χ0) is 8.27. The average molecular weight is 216 g/mol. The summed E-state index contributed by atoms with van der Waals surface area (Å²) >= 11 is 3.32. The molecule has 1 atom stereocenters. The Morgan fingerprint density at radius 1 is 1.55 bits per heavy atom. The fourth-order valence-corrected chi connectivity index (χ4v) is 1.26. The second kappa shape index (κ2) is 3.85. The fraction of sp³-hybridized carbons (Fsp3) is 0.250. The van der Waals surface area contributed by atoms with Gasteiger partial charge in [-0.3, -0.25) is 0 Å². The summed E-state index contributed by atoms with van der Waals surface area (Å²) < 4.78 is 0.985. The van der Waals surface area contributed by atoms with Crippen molar-refractivity contribution in [2.24, 2.45) is 5.73 Å². The van der Waals surface area contributed by atoms with Crippen molar-refractivity contribution in [2.75, 3.05) is 6.61 Å². The number of benzene rings is 1. The maximum Gasteiger partial charge on any atom is 0.0624 e. The summed E-state index contributed by atoms with van der Waals surface area (Å²) in [6.07, 6.45) is 0. The van der Waals surface area contributed by atoms with Crippen LogP contribution in [0.3, 0.4) is 0 Å². The largest absolute Gasteiger partial charge is 0.394 e. The molecule has 1 rings (SSSR count). The van der Waals surface area contributed by atoms with Crippen LogP contribution in [0.5, 0.6) is 0 Å². The first-order valence-corrected chi connectivity index (χ1v) is 4.15. The van der Waals surface area contributed by atoms with Crippen LogP contribution in [0.25, 0.3) is 0 Å². The monoisotopic (exact) mass is 215 g/mol. The summed E-state index contributed by atoms with van der Waals surface area (Å²) in [5.74, 6) is 0. The molecule has 1 aromatic rings. The molecule has 0 aliphatic carbocycles. The quantitative estimate of drug-likeness (QED) is 0.785. The van der Waals surface area contributed by atoms with Gasteiger partial charge < -0.3 is 10.8 Å². The first kappa shape index (κ1) is 8.71. The lowest BCUT2D eigenvalue weighted by molar-refractivity contribution is 0.268. The second-order valence-electron chi connectivity index (χ2n) is 2.34. The maximum absolute atomic E-state index is 8.74. The molecule has 11 heavy (non-hydrogen) atoms. The Morgan fingerprint density at radius 2 is 2.27 bits per heavy atom. The van der Waals surface area contributed by atoms with Crippen LogP contribution in [-0.4, -0.2) is 11.7 Å². The predicted octanol–water partition coefficient (Wildman–Crippen LogP) is 1.44. The summed E-state index contributed by atoms with van der Waals surface area (Å²) in [4.78, 5) is 0. The van der Waals surface area contributed by atoms with E-state index in [0.29, 0.717) is 0 Å². The van der Waals surface area contributed by atoms with Crippen molar-refractivity contribution in [3.8, 4) is 0 Å². The third-order valence-corrected chi connectivity index (χ3v) is 1.97. The molecule has 0 bridgehead atoms.